The summed E-state index contributed by atoms with van der Waals surface area (Å²) in [5.74, 6) is 0. The summed E-state index contributed by atoms with van der Waals surface area (Å²) >= 11 is 6.14. The minimum atomic E-state index is -1.83. The van der Waals surface area contributed by atoms with Gasteiger partial charge >= 0.3 is 0 Å². The fourth-order valence-electron chi connectivity index (χ4n) is 3.63. The number of hydrogen-bond donors (Lipinski definition) is 0. The largest absolute Gasteiger partial charge is 0.116 e. The van der Waals surface area contributed by atoms with E-state index >= 15 is 0 Å². The molecule has 0 aromatic heterocycles. The number of benzene rings is 4. The fraction of sp³-hybridized carbons (Fsp3) is 0.0400. The molecule has 27 heavy (non-hydrogen) atoms. The first kappa shape index (κ1) is 18.0. The van der Waals surface area contributed by atoms with Crippen molar-refractivity contribution in [2.75, 3.05) is 0 Å². The molecule has 4 rings (SSSR count). The molecule has 0 heterocycles. The maximum Gasteiger partial charge on any atom is 0.116 e. The van der Waals surface area contributed by atoms with Crippen LogP contribution in [0.3, 0.4) is 0 Å². The van der Waals surface area contributed by atoms with Crippen molar-refractivity contribution in [3.8, 4) is 0 Å². The summed E-state index contributed by atoms with van der Waals surface area (Å²) in [6, 6.07) is 41.2. The average Bonchev–Trinajstić information content (AvgIpc) is 2.75. The lowest BCUT2D eigenvalue weighted by Crippen LogP contribution is -2.32. The lowest BCUT2D eigenvalue weighted by Gasteiger charge is -2.27. The van der Waals surface area contributed by atoms with Crippen LogP contribution in [0.2, 0.25) is 5.02 Å². The van der Waals surface area contributed by atoms with Gasteiger partial charge in [-0.15, -0.1) is 0 Å². The quantitative estimate of drug-likeness (QED) is 0.378. The zero-order valence-electron chi connectivity index (χ0n) is 15.0. The predicted octanol–water partition coefficient (Wildman–Crippen LogP) is 5.83. The van der Waals surface area contributed by atoms with Gasteiger partial charge in [-0.1, -0.05) is 78.3 Å². The molecule has 0 aliphatic rings. The third-order valence-electron chi connectivity index (χ3n) is 4.92. The Labute approximate surface area is 166 Å². The molecule has 0 atom stereocenters. The highest BCUT2D eigenvalue weighted by Crippen LogP contribution is 2.58. The molecular formula is C25H21ClP+. The van der Waals surface area contributed by atoms with Gasteiger partial charge in [-0.3, -0.25) is 0 Å². The molecule has 0 aliphatic carbocycles. The van der Waals surface area contributed by atoms with Crippen molar-refractivity contribution < 1.29 is 0 Å². The van der Waals surface area contributed by atoms with E-state index < -0.39 is 7.26 Å². The van der Waals surface area contributed by atoms with E-state index in [9.17, 15) is 0 Å². The third kappa shape index (κ3) is 3.69. The first-order chi connectivity index (χ1) is 13.3. The van der Waals surface area contributed by atoms with Crippen LogP contribution in [-0.4, -0.2) is 0 Å². The number of hydrogen-bond acceptors (Lipinski definition) is 0. The van der Waals surface area contributed by atoms with Crippen molar-refractivity contribution in [1.82, 2.24) is 0 Å². The Balaban J connectivity index is 1.98. The van der Waals surface area contributed by atoms with Crippen molar-refractivity contribution in [3.63, 3.8) is 0 Å². The fourth-order valence-corrected chi connectivity index (χ4v) is 8.00. The van der Waals surface area contributed by atoms with Gasteiger partial charge in [0.05, 0.1) is 6.16 Å². The van der Waals surface area contributed by atoms with Crippen LogP contribution in [0, 0.1) is 0 Å². The van der Waals surface area contributed by atoms with Crippen LogP contribution in [0.25, 0.3) is 0 Å². The summed E-state index contributed by atoms with van der Waals surface area (Å²) in [6.07, 6.45) is 0.974. The molecular weight excluding hydrogens is 367 g/mol. The Kier molecular flexibility index (Phi) is 5.39. The summed E-state index contributed by atoms with van der Waals surface area (Å²) in [5, 5.41) is 4.98. The zero-order chi connectivity index (χ0) is 18.5. The van der Waals surface area contributed by atoms with Crippen LogP contribution in [-0.2, 0) is 6.16 Å². The Bertz CT molecular complexity index is 884. The molecule has 0 radical (unpaired) electrons. The van der Waals surface area contributed by atoms with E-state index in [1.807, 2.05) is 12.1 Å². The van der Waals surface area contributed by atoms with Crippen molar-refractivity contribution in [2.45, 2.75) is 6.16 Å². The molecule has 0 nitrogen and oxygen atoms in total. The smallest absolute Gasteiger partial charge is 0.0843 e. The lowest BCUT2D eigenvalue weighted by atomic mass is 10.2. The van der Waals surface area contributed by atoms with Crippen LogP contribution in [0.15, 0.2) is 115 Å². The van der Waals surface area contributed by atoms with Crippen LogP contribution in [0.1, 0.15) is 5.56 Å². The highest BCUT2D eigenvalue weighted by Gasteiger charge is 2.45. The molecule has 0 N–H and O–H groups in total. The highest BCUT2D eigenvalue weighted by molar-refractivity contribution is 7.95. The van der Waals surface area contributed by atoms with Crippen molar-refractivity contribution in [3.05, 3.63) is 126 Å². The van der Waals surface area contributed by atoms with Crippen molar-refractivity contribution in [2.24, 2.45) is 0 Å². The average molecular weight is 388 g/mol. The SMILES string of the molecule is Clc1ccc(C[P+](c2ccccc2)(c2ccccc2)c2ccccc2)cc1. The predicted molar refractivity (Wildman–Crippen MR) is 120 cm³/mol. The first-order valence-corrected chi connectivity index (χ1v) is 11.4. The topological polar surface area (TPSA) is 0 Å². The minimum absolute atomic E-state index is 0.779. The van der Waals surface area contributed by atoms with Gasteiger partial charge in [-0.05, 0) is 54.1 Å². The molecule has 0 aliphatic heterocycles. The molecule has 0 saturated carbocycles. The van der Waals surface area contributed by atoms with E-state index in [0.29, 0.717) is 0 Å². The Morgan fingerprint density at radius 3 is 1.22 bits per heavy atom. The van der Waals surface area contributed by atoms with Crippen LogP contribution < -0.4 is 15.9 Å². The van der Waals surface area contributed by atoms with Gasteiger partial charge in [0.1, 0.15) is 23.2 Å². The van der Waals surface area contributed by atoms with E-state index in [4.69, 9.17) is 11.6 Å². The van der Waals surface area contributed by atoms with Gasteiger partial charge in [0.15, 0.2) is 0 Å². The minimum Gasteiger partial charge on any atom is -0.0843 e. The highest BCUT2D eigenvalue weighted by atomic mass is 35.5. The number of rotatable bonds is 5. The Morgan fingerprint density at radius 2 is 0.852 bits per heavy atom. The summed E-state index contributed by atoms with van der Waals surface area (Å²) in [7, 11) is -1.83. The van der Waals surface area contributed by atoms with Gasteiger partial charge in [0, 0.05) is 5.02 Å². The van der Waals surface area contributed by atoms with E-state index in [-0.39, 0.29) is 0 Å². The second-order valence-electron chi connectivity index (χ2n) is 6.60. The molecule has 0 spiro atoms. The molecule has 0 unspecified atom stereocenters. The van der Waals surface area contributed by atoms with Gasteiger partial charge < -0.3 is 0 Å². The van der Waals surface area contributed by atoms with Gasteiger partial charge in [-0.2, -0.15) is 0 Å². The zero-order valence-corrected chi connectivity index (χ0v) is 16.7. The first-order valence-electron chi connectivity index (χ1n) is 9.08. The maximum atomic E-state index is 6.14. The molecule has 132 valence electrons. The molecule has 0 bridgehead atoms. The van der Waals surface area contributed by atoms with Crippen LogP contribution in [0.4, 0.5) is 0 Å². The molecule has 2 heteroatoms. The Hall–Kier alpha value is -2.40. The van der Waals surface area contributed by atoms with Gasteiger partial charge in [-0.25, -0.2) is 0 Å². The third-order valence-corrected chi connectivity index (χ3v) is 9.55. The second kappa shape index (κ2) is 8.09. The van der Waals surface area contributed by atoms with Crippen LogP contribution >= 0.6 is 18.9 Å². The maximum absolute atomic E-state index is 6.14. The summed E-state index contributed by atoms with van der Waals surface area (Å²) in [4.78, 5) is 0. The van der Waals surface area contributed by atoms with Crippen molar-refractivity contribution in [1.29, 1.82) is 0 Å². The van der Waals surface area contributed by atoms with E-state index in [0.717, 1.165) is 11.2 Å². The summed E-state index contributed by atoms with van der Waals surface area (Å²) < 4.78 is 0. The normalized spacial score (nSPS) is 11.3. The standard InChI is InChI=1S/C25H21ClP/c26-22-18-16-21(17-19-22)20-27(23-10-4-1-5-11-23,24-12-6-2-7-13-24)25-14-8-3-9-15-25/h1-19H,20H2/q+1. The molecule has 4 aromatic carbocycles. The summed E-state index contributed by atoms with van der Waals surface area (Å²) in [5.41, 5.74) is 1.31. The van der Waals surface area contributed by atoms with Gasteiger partial charge in [0.25, 0.3) is 0 Å². The van der Waals surface area contributed by atoms with Crippen LogP contribution in [0.5, 0.6) is 0 Å². The Morgan fingerprint density at radius 1 is 0.481 bits per heavy atom. The van der Waals surface area contributed by atoms with Gasteiger partial charge in [0.2, 0.25) is 0 Å². The molecule has 4 aromatic rings. The molecule has 0 fully saturated rings. The van der Waals surface area contributed by atoms with E-state index in [1.165, 1.54) is 21.5 Å². The number of halogens is 1. The lowest BCUT2D eigenvalue weighted by molar-refractivity contribution is 1.39. The summed E-state index contributed by atoms with van der Waals surface area (Å²) in [6.45, 7) is 0. The molecule has 0 saturated heterocycles. The molecule has 0 amide bonds. The second-order valence-corrected chi connectivity index (χ2v) is 10.5. The van der Waals surface area contributed by atoms with Crippen molar-refractivity contribution >= 4 is 34.8 Å². The van der Waals surface area contributed by atoms with E-state index in [2.05, 4.69) is 103 Å². The monoisotopic (exact) mass is 387 g/mol. The van der Waals surface area contributed by atoms with E-state index in [1.54, 1.807) is 0 Å².